The van der Waals surface area contributed by atoms with Crippen molar-refractivity contribution < 1.29 is 28.9 Å². The van der Waals surface area contributed by atoms with Gasteiger partial charge in [-0.15, -0.1) is 0 Å². The summed E-state index contributed by atoms with van der Waals surface area (Å²) in [5.74, 6) is 1.07. The molecule has 3 rings (SSSR count). The average Bonchev–Trinajstić information content (AvgIpc) is 2.77. The van der Waals surface area contributed by atoms with E-state index < -0.39 is 37.8 Å². The number of aliphatic hydroxyl groups excluding tert-OH is 1. The van der Waals surface area contributed by atoms with Crippen molar-refractivity contribution in [1.82, 2.24) is 4.98 Å². The molecule has 8 heteroatoms. The van der Waals surface area contributed by atoms with Crippen LogP contribution >= 0.6 is 7.37 Å². The van der Waals surface area contributed by atoms with Crippen LogP contribution in [0.5, 0.6) is 0 Å². The molecule has 0 aliphatic heterocycles. The van der Waals surface area contributed by atoms with E-state index in [1.165, 1.54) is 12.1 Å². The van der Waals surface area contributed by atoms with Gasteiger partial charge in [0.25, 0.3) is 7.37 Å². The number of aromatic nitrogens is 1. The van der Waals surface area contributed by atoms with E-state index in [9.17, 15) is 23.7 Å². The highest BCUT2D eigenvalue weighted by Gasteiger charge is 2.23. The van der Waals surface area contributed by atoms with Crippen molar-refractivity contribution in [3.05, 3.63) is 77.6 Å². The van der Waals surface area contributed by atoms with Gasteiger partial charge < -0.3 is 15.1 Å². The van der Waals surface area contributed by atoms with Crippen LogP contribution in [0.15, 0.2) is 60.7 Å². The molecule has 1 aromatic heterocycles. The molecule has 0 saturated heterocycles. The number of aliphatic hydroxyl groups is 1. The molecule has 1 heterocycles. The number of rotatable bonds is 7. The highest BCUT2D eigenvalue weighted by atomic mass is 31.2. The number of nitrogens with zero attached hydrogens (tertiary/aromatic N) is 1. The molecule has 0 aliphatic carbocycles. The lowest BCUT2D eigenvalue weighted by Crippen LogP contribution is -2.17. The Morgan fingerprint density at radius 1 is 1.09 bits per heavy atom. The van der Waals surface area contributed by atoms with Crippen molar-refractivity contribution in [1.29, 1.82) is 0 Å². The molecule has 0 amide bonds. The fourth-order valence-electron chi connectivity index (χ4n) is 3.47. The maximum absolute atomic E-state index is 13.6. The summed E-state index contributed by atoms with van der Waals surface area (Å²) in [6.07, 6.45) is -2.81. The predicted octanol–water partition coefficient (Wildman–Crippen LogP) is 5.09. The number of hydrogen-bond donors (Lipinski definition) is 3. The maximum Gasteiger partial charge on any atom is 0.305 e. The van der Waals surface area contributed by atoms with E-state index in [1.54, 1.807) is 12.1 Å². The summed E-state index contributed by atoms with van der Waals surface area (Å²) >= 11 is 0. The van der Waals surface area contributed by atoms with Crippen LogP contribution in [0.4, 0.5) is 4.39 Å². The topological polar surface area (TPSA) is 108 Å². The van der Waals surface area contributed by atoms with Crippen LogP contribution in [0, 0.1) is 17.4 Å². The van der Waals surface area contributed by atoms with Crippen LogP contribution in [0.25, 0.3) is 22.5 Å². The van der Waals surface area contributed by atoms with Crippen LogP contribution in [0.3, 0.4) is 0 Å². The van der Waals surface area contributed by atoms with Crippen LogP contribution in [-0.4, -0.2) is 38.3 Å². The molecule has 2 atom stereocenters. The smallest absolute Gasteiger partial charge is 0.305 e. The Morgan fingerprint density at radius 3 is 2.32 bits per heavy atom. The number of aliphatic carboxylic acids is 1. The predicted molar refractivity (Wildman–Crippen MR) is 129 cm³/mol. The number of hydrogen-bond acceptors (Lipinski definition) is 4. The minimum Gasteiger partial charge on any atom is -0.481 e. The quantitative estimate of drug-likeness (QED) is 0.320. The highest BCUT2D eigenvalue weighted by Crippen LogP contribution is 2.41. The van der Waals surface area contributed by atoms with Crippen LogP contribution in [0.1, 0.15) is 37.3 Å². The monoisotopic (exact) mass is 481 g/mol. The van der Waals surface area contributed by atoms with Gasteiger partial charge in [-0.3, -0.25) is 9.36 Å². The first kappa shape index (κ1) is 25.3. The van der Waals surface area contributed by atoms with Crippen LogP contribution in [0.2, 0.25) is 0 Å². The van der Waals surface area contributed by atoms with E-state index in [-0.39, 0.29) is 5.92 Å². The largest absolute Gasteiger partial charge is 0.481 e. The summed E-state index contributed by atoms with van der Waals surface area (Å²) in [4.78, 5) is 25.8. The molecule has 0 bridgehead atoms. The van der Waals surface area contributed by atoms with E-state index in [4.69, 9.17) is 10.1 Å². The van der Waals surface area contributed by atoms with E-state index >= 15 is 0 Å². The third-order valence-corrected chi connectivity index (χ3v) is 6.46. The normalized spacial score (nSPS) is 13.6. The molecule has 0 saturated carbocycles. The number of halogens is 1. The third kappa shape index (κ3) is 6.61. The van der Waals surface area contributed by atoms with E-state index in [0.29, 0.717) is 22.5 Å². The zero-order valence-corrected chi connectivity index (χ0v) is 19.7. The second-order valence-corrected chi connectivity index (χ2v) is 10.2. The van der Waals surface area contributed by atoms with Gasteiger partial charge in [-0.2, -0.15) is 0 Å². The second kappa shape index (κ2) is 10.8. The number of carbonyl (C=O) groups is 1. The molecule has 176 valence electrons. The van der Waals surface area contributed by atoms with Gasteiger partial charge in [0.2, 0.25) is 0 Å². The minimum absolute atomic E-state index is 0.0235. The molecule has 0 radical (unpaired) electrons. The SMILES string of the molecule is CC(C)c1cc(-c2ccccc2)nc(-c2ccc(F)cc2)c1C#CP(=O)(O)C[C@H](O)CC(=O)O. The molecule has 1 unspecified atom stereocenters. The fraction of sp³-hybridized carbons (Fsp3) is 0.231. The molecule has 34 heavy (non-hydrogen) atoms. The van der Waals surface area contributed by atoms with Crippen molar-refractivity contribution in [2.75, 3.05) is 6.16 Å². The zero-order chi connectivity index (χ0) is 24.9. The Kier molecular flexibility index (Phi) is 8.01. The molecule has 0 fully saturated rings. The Balaban J connectivity index is 2.17. The number of pyridine rings is 1. The van der Waals surface area contributed by atoms with Gasteiger partial charge in [0.1, 0.15) is 5.82 Å². The summed E-state index contributed by atoms with van der Waals surface area (Å²) < 4.78 is 26.2. The van der Waals surface area contributed by atoms with Gasteiger partial charge in [0.15, 0.2) is 0 Å². The summed E-state index contributed by atoms with van der Waals surface area (Å²) in [6.45, 7) is 3.91. The molecular weight excluding hydrogens is 456 g/mol. The van der Waals surface area contributed by atoms with Crippen LogP contribution < -0.4 is 0 Å². The van der Waals surface area contributed by atoms with Crippen molar-refractivity contribution in [3.8, 4) is 34.1 Å². The third-order valence-electron chi connectivity index (χ3n) is 5.08. The summed E-state index contributed by atoms with van der Waals surface area (Å²) in [5.41, 5.74) is 6.13. The van der Waals surface area contributed by atoms with E-state index in [0.717, 1.165) is 11.1 Å². The van der Waals surface area contributed by atoms with E-state index in [1.807, 2.05) is 50.2 Å². The molecule has 2 aromatic carbocycles. The number of carboxylic acid groups (broad SMARTS) is 1. The maximum atomic E-state index is 13.6. The Bertz CT molecular complexity index is 1280. The Morgan fingerprint density at radius 2 is 1.74 bits per heavy atom. The number of carboxylic acids is 1. The first-order chi connectivity index (χ1) is 16.1. The molecule has 0 aliphatic rings. The Labute approximate surface area is 197 Å². The molecular formula is C26H25FNO5P. The number of benzene rings is 2. The average molecular weight is 481 g/mol. The molecule has 3 aromatic rings. The van der Waals surface area contributed by atoms with Crippen molar-refractivity contribution in [2.24, 2.45) is 0 Å². The van der Waals surface area contributed by atoms with Crippen molar-refractivity contribution in [3.63, 3.8) is 0 Å². The van der Waals surface area contributed by atoms with Gasteiger partial charge in [0.05, 0.1) is 35.6 Å². The van der Waals surface area contributed by atoms with Gasteiger partial charge in [-0.25, -0.2) is 9.37 Å². The first-order valence-corrected chi connectivity index (χ1v) is 12.5. The standard InChI is InChI=1S/C26H25FNO5P/c1-17(2)23-15-24(18-6-4-3-5-7-18)28-26(19-8-10-20(27)11-9-19)22(23)12-13-34(32,33)16-21(29)14-25(30)31/h3-11,15,17,21,29H,14,16H2,1-2H3,(H,30,31)(H,32,33)/t21-/m1/s1. The lowest BCUT2D eigenvalue weighted by molar-refractivity contribution is -0.138. The summed E-state index contributed by atoms with van der Waals surface area (Å²) in [6, 6.07) is 17.1. The zero-order valence-electron chi connectivity index (χ0n) is 18.8. The fourth-order valence-corrected chi connectivity index (χ4v) is 4.54. The summed E-state index contributed by atoms with van der Waals surface area (Å²) in [5, 5.41) is 18.6. The van der Waals surface area contributed by atoms with Gasteiger partial charge in [0, 0.05) is 11.1 Å². The molecule has 3 N–H and O–H groups in total. The van der Waals surface area contributed by atoms with Gasteiger partial charge in [-0.1, -0.05) is 50.1 Å². The van der Waals surface area contributed by atoms with Crippen molar-refractivity contribution in [2.45, 2.75) is 32.3 Å². The van der Waals surface area contributed by atoms with Crippen LogP contribution in [-0.2, 0) is 9.36 Å². The lowest BCUT2D eigenvalue weighted by atomic mass is 9.92. The van der Waals surface area contributed by atoms with Gasteiger partial charge in [-0.05, 0) is 47.5 Å². The second-order valence-electron chi connectivity index (χ2n) is 8.22. The van der Waals surface area contributed by atoms with Crippen molar-refractivity contribution >= 4 is 13.3 Å². The minimum atomic E-state index is -4.17. The first-order valence-electron chi connectivity index (χ1n) is 10.7. The summed E-state index contributed by atoms with van der Waals surface area (Å²) in [7, 11) is -4.17. The molecule has 6 nitrogen and oxygen atoms in total. The highest BCUT2D eigenvalue weighted by molar-refractivity contribution is 7.63. The van der Waals surface area contributed by atoms with E-state index in [2.05, 4.69) is 11.6 Å². The Hall–Kier alpha value is -3.30. The van der Waals surface area contributed by atoms with Gasteiger partial charge >= 0.3 is 5.97 Å². The molecule has 0 spiro atoms. The lowest BCUT2D eigenvalue weighted by Gasteiger charge is -2.16.